The van der Waals surface area contributed by atoms with Crippen LogP contribution in [0.5, 0.6) is 0 Å². The van der Waals surface area contributed by atoms with Crippen LogP contribution in [0, 0.1) is 29.1 Å². The van der Waals surface area contributed by atoms with Gasteiger partial charge in [0.1, 0.15) is 18.2 Å². The fourth-order valence-electron chi connectivity index (χ4n) is 6.67. The summed E-state index contributed by atoms with van der Waals surface area (Å²) in [5.74, 6) is -0.555. The molecule has 3 aromatic carbocycles. The maximum atomic E-state index is 10.2. The topological polar surface area (TPSA) is 40.8 Å². The average molecular weight is 557 g/mol. The van der Waals surface area contributed by atoms with E-state index >= 15 is 0 Å². The molecule has 0 saturated heterocycles. The van der Waals surface area contributed by atoms with Crippen molar-refractivity contribution in [3.8, 4) is 28.5 Å². The summed E-state index contributed by atoms with van der Waals surface area (Å²) in [6, 6.07) is 23.5. The number of nitriles is 1. The van der Waals surface area contributed by atoms with Gasteiger partial charge in [-0.15, -0.1) is 0 Å². The van der Waals surface area contributed by atoms with Crippen molar-refractivity contribution in [2.45, 2.75) is 79.5 Å². The quantitative estimate of drug-likeness (QED) is 0.207. The summed E-state index contributed by atoms with van der Waals surface area (Å²) < 4.78 is 18.2. The Balaban J connectivity index is 1.50. The molecule has 2 heterocycles. The largest absolute Gasteiger partial charge is 0.454 e. The molecule has 0 unspecified atom stereocenters. The van der Waals surface area contributed by atoms with Gasteiger partial charge in [-0.1, -0.05) is 71.0 Å². The maximum absolute atomic E-state index is 10.2. The number of pyridine rings is 1. The highest BCUT2D eigenvalue weighted by Gasteiger charge is 2.28. The summed E-state index contributed by atoms with van der Waals surface area (Å²) in [6.07, 6.45) is 7.00. The van der Waals surface area contributed by atoms with Crippen molar-refractivity contribution in [1.82, 2.24) is 0 Å². The molecule has 1 aliphatic rings. The fraction of sp³-hybridized carbons (Fsp3) is 0.385. The van der Waals surface area contributed by atoms with Crippen LogP contribution >= 0.6 is 0 Å². The smallest absolute Gasteiger partial charge is 0.216 e. The van der Waals surface area contributed by atoms with E-state index in [1.807, 2.05) is 12.1 Å². The van der Waals surface area contributed by atoms with Crippen LogP contribution in [0.2, 0.25) is 0 Å². The van der Waals surface area contributed by atoms with E-state index < -0.39 is 5.89 Å². The Morgan fingerprint density at radius 1 is 0.952 bits per heavy atom. The number of benzene rings is 3. The Morgan fingerprint density at radius 2 is 1.60 bits per heavy atom. The van der Waals surface area contributed by atoms with Gasteiger partial charge in [-0.05, 0) is 90.1 Å². The number of aromatic nitrogens is 1. The van der Waals surface area contributed by atoms with Crippen LogP contribution in [0.1, 0.15) is 89.8 Å². The fourth-order valence-corrected chi connectivity index (χ4v) is 6.67. The van der Waals surface area contributed by atoms with Crippen LogP contribution in [-0.2, 0) is 13.5 Å². The van der Waals surface area contributed by atoms with Crippen molar-refractivity contribution in [3.63, 3.8) is 0 Å². The first-order valence-corrected chi connectivity index (χ1v) is 15.3. The lowest BCUT2D eigenvalue weighted by molar-refractivity contribution is -0.660. The molecule has 0 spiro atoms. The molecular weight excluding hydrogens is 512 g/mol. The molecule has 0 amide bonds. The first-order valence-electron chi connectivity index (χ1n) is 15.8. The Hall–Kier alpha value is -3.90. The Kier molecular flexibility index (Phi) is 6.69. The van der Waals surface area contributed by atoms with Gasteiger partial charge < -0.3 is 4.42 Å². The zero-order valence-electron chi connectivity index (χ0n) is 27.2. The summed E-state index contributed by atoms with van der Waals surface area (Å²) in [5, 5.41) is 12.2. The van der Waals surface area contributed by atoms with Gasteiger partial charge in [0.15, 0.2) is 6.20 Å². The second-order valence-electron chi connectivity index (χ2n) is 14.3. The molecule has 42 heavy (non-hydrogen) atoms. The summed E-state index contributed by atoms with van der Waals surface area (Å²) in [5.41, 5.74) is 10.2. The number of hydrogen-bond acceptors (Lipinski definition) is 2. The summed E-state index contributed by atoms with van der Waals surface area (Å²) in [7, 11) is 2.09. The van der Waals surface area contributed by atoms with Crippen LogP contribution in [0.4, 0.5) is 0 Å². The molecule has 3 heteroatoms. The molecule has 0 N–H and O–H groups in total. The number of nitrogens with zero attached hydrogens (tertiary/aromatic N) is 2. The van der Waals surface area contributed by atoms with E-state index in [2.05, 4.69) is 114 Å². The van der Waals surface area contributed by atoms with E-state index in [1.165, 1.54) is 5.56 Å². The lowest BCUT2D eigenvalue weighted by Crippen LogP contribution is -2.31. The molecule has 3 nitrogen and oxygen atoms in total. The molecule has 1 fully saturated rings. The van der Waals surface area contributed by atoms with Crippen LogP contribution in [0.3, 0.4) is 0 Å². The minimum Gasteiger partial charge on any atom is -0.454 e. The standard InChI is InChI=1S/C39H43N2O/c1-25-8-14-31-32-15-13-30(24-40)35(29-11-9-27(10-12-29)28-16-19-39(5,6)20-17-28)37(32)42-36(31)34(25)33-22-26(18-21-41(33)7)23-38(2,3)4/h8-15,18,21-22,28H,16-17,19-20,23H2,1-7H3/q+1/i28D. The Morgan fingerprint density at radius 3 is 2.24 bits per heavy atom. The van der Waals surface area contributed by atoms with Gasteiger partial charge in [-0.3, -0.25) is 0 Å². The molecule has 5 aromatic rings. The predicted molar refractivity (Wildman–Crippen MR) is 173 cm³/mol. The highest BCUT2D eigenvalue weighted by molar-refractivity contribution is 6.14. The summed E-state index contributed by atoms with van der Waals surface area (Å²) in [6.45, 7) is 13.6. The van der Waals surface area contributed by atoms with Gasteiger partial charge in [0.25, 0.3) is 0 Å². The number of rotatable bonds is 4. The minimum absolute atomic E-state index is 0.183. The van der Waals surface area contributed by atoms with Crippen molar-refractivity contribution in [3.05, 3.63) is 89.1 Å². The van der Waals surface area contributed by atoms with Crippen molar-refractivity contribution < 1.29 is 10.4 Å². The van der Waals surface area contributed by atoms with Gasteiger partial charge in [-0.2, -0.15) is 5.26 Å². The second kappa shape index (κ2) is 10.4. The van der Waals surface area contributed by atoms with Gasteiger partial charge >= 0.3 is 0 Å². The lowest BCUT2D eigenvalue weighted by atomic mass is 9.71. The van der Waals surface area contributed by atoms with E-state index in [-0.39, 0.29) is 5.41 Å². The first kappa shape index (κ1) is 27.0. The van der Waals surface area contributed by atoms with E-state index in [9.17, 15) is 6.63 Å². The molecule has 0 atom stereocenters. The molecule has 0 radical (unpaired) electrons. The van der Waals surface area contributed by atoms with E-state index in [1.54, 1.807) is 0 Å². The first-order chi connectivity index (χ1) is 20.3. The highest BCUT2D eigenvalue weighted by atomic mass is 16.3. The van der Waals surface area contributed by atoms with E-state index in [0.29, 0.717) is 11.0 Å². The Bertz CT molecular complexity index is 1890. The van der Waals surface area contributed by atoms with Crippen molar-refractivity contribution in [2.24, 2.45) is 17.9 Å². The van der Waals surface area contributed by atoms with Gasteiger partial charge in [0, 0.05) is 29.8 Å². The zero-order valence-corrected chi connectivity index (χ0v) is 26.2. The van der Waals surface area contributed by atoms with Crippen LogP contribution < -0.4 is 4.57 Å². The van der Waals surface area contributed by atoms with E-state index in [0.717, 1.165) is 87.6 Å². The highest BCUT2D eigenvalue weighted by Crippen LogP contribution is 2.44. The average Bonchev–Trinajstić information content (AvgIpc) is 3.33. The SMILES string of the molecule is [2H]C1(c2ccc(-c3c(C#N)ccc4c3oc3c(-c5cc(CC(C)(C)C)cc[n+]5C)c(C)ccc34)cc2)CCC(C)(C)CC1. The van der Waals surface area contributed by atoms with Crippen LogP contribution in [0.15, 0.2) is 71.3 Å². The van der Waals surface area contributed by atoms with Crippen molar-refractivity contribution >= 4 is 21.9 Å². The normalized spacial score (nSPS) is 16.9. The molecular formula is C39H43N2O+. The number of furan rings is 1. The van der Waals surface area contributed by atoms with Gasteiger partial charge in [-0.25, -0.2) is 4.57 Å². The molecule has 0 aliphatic heterocycles. The van der Waals surface area contributed by atoms with E-state index in [4.69, 9.17) is 4.42 Å². The molecule has 0 bridgehead atoms. The zero-order chi connectivity index (χ0) is 30.7. The predicted octanol–water partition coefficient (Wildman–Crippen LogP) is 10.2. The van der Waals surface area contributed by atoms with Gasteiger partial charge in [0.05, 0.1) is 17.2 Å². The third-order valence-electron chi connectivity index (χ3n) is 9.13. The van der Waals surface area contributed by atoms with Crippen molar-refractivity contribution in [1.29, 1.82) is 5.26 Å². The number of fused-ring (bicyclic) bond motifs is 3. The molecule has 6 rings (SSSR count). The third-order valence-corrected chi connectivity index (χ3v) is 9.13. The van der Waals surface area contributed by atoms with Gasteiger partial charge in [0.2, 0.25) is 5.69 Å². The Labute approximate surface area is 252 Å². The van der Waals surface area contributed by atoms with Crippen LogP contribution in [0.25, 0.3) is 44.3 Å². The van der Waals surface area contributed by atoms with Crippen molar-refractivity contribution in [2.75, 3.05) is 0 Å². The van der Waals surface area contributed by atoms with Crippen LogP contribution in [-0.4, -0.2) is 0 Å². The number of aryl methyl sites for hydroxylation is 2. The molecule has 2 aromatic heterocycles. The third kappa shape index (κ3) is 5.24. The molecule has 1 aliphatic carbocycles. The number of hydrogen-bond donors (Lipinski definition) is 0. The molecule has 214 valence electrons. The lowest BCUT2D eigenvalue weighted by Gasteiger charge is -2.34. The summed E-state index contributed by atoms with van der Waals surface area (Å²) >= 11 is 0. The second-order valence-corrected chi connectivity index (χ2v) is 14.3. The maximum Gasteiger partial charge on any atom is 0.216 e. The summed E-state index contributed by atoms with van der Waals surface area (Å²) in [4.78, 5) is 0. The monoisotopic (exact) mass is 556 g/mol. The molecule has 1 saturated carbocycles. The minimum atomic E-state index is -0.555.